The first-order valence-corrected chi connectivity index (χ1v) is 15.7. The molecule has 6 unspecified atom stereocenters. The van der Waals surface area contributed by atoms with E-state index in [1.165, 1.54) is 5.57 Å². The van der Waals surface area contributed by atoms with Crippen LogP contribution in [0.1, 0.15) is 71.3 Å². The second kappa shape index (κ2) is 9.05. The summed E-state index contributed by atoms with van der Waals surface area (Å²) < 4.78 is 8.67. The minimum absolute atomic E-state index is 0.0193. The van der Waals surface area contributed by atoms with E-state index in [1.54, 1.807) is 0 Å². The molecule has 1 aromatic heterocycles. The molecule has 0 saturated heterocycles. The Morgan fingerprint density at radius 3 is 2.43 bits per heavy atom. The van der Waals surface area contributed by atoms with Crippen LogP contribution in [0, 0.1) is 39.9 Å². The summed E-state index contributed by atoms with van der Waals surface area (Å²) in [7, 11) is 1.95. The van der Waals surface area contributed by atoms with Crippen molar-refractivity contribution in [1.29, 1.82) is 0 Å². The van der Waals surface area contributed by atoms with Crippen molar-refractivity contribution >= 4 is 22.7 Å². The zero-order valence-electron chi connectivity index (χ0n) is 26.0. The fourth-order valence-corrected chi connectivity index (χ4v) is 10.1. The van der Waals surface area contributed by atoms with Crippen molar-refractivity contribution in [2.24, 2.45) is 47.0 Å². The van der Waals surface area contributed by atoms with E-state index in [-0.39, 0.29) is 23.2 Å². The average molecular weight is 562 g/mol. The van der Waals surface area contributed by atoms with Gasteiger partial charge in [0.1, 0.15) is 17.6 Å². The van der Waals surface area contributed by atoms with Gasteiger partial charge in [-0.1, -0.05) is 94.0 Å². The summed E-state index contributed by atoms with van der Waals surface area (Å²) in [6, 6.07) is 18.3. The number of benzene rings is 2. The number of rotatable bonds is 3. The van der Waals surface area contributed by atoms with Gasteiger partial charge in [-0.05, 0) is 73.5 Å². The number of hydrogen-bond donors (Lipinski definition) is 0. The van der Waals surface area contributed by atoms with Crippen molar-refractivity contribution in [2.75, 3.05) is 0 Å². The average Bonchev–Trinajstić information content (AvgIpc) is 3.27. The minimum Gasteiger partial charge on any atom is -0.453 e. The highest BCUT2D eigenvalue weighted by Gasteiger charge is 2.72. The summed E-state index contributed by atoms with van der Waals surface area (Å²) in [5, 5.41) is 1.03. The number of nitrogens with zero attached hydrogens (tertiary/aromatic N) is 1. The molecule has 0 aliphatic heterocycles. The lowest BCUT2D eigenvalue weighted by atomic mass is 9.52. The molecule has 7 rings (SSSR count). The standard InChI is InChI=1S/C38H43NO3/c1-22-17-18-27-31-28(36(31,4)5)19-24(3)38(33(27)40)21-23(2)34(37(38,6)20-22)42-35(41)32-30(25-13-9-8-10-14-25)26-15-11-12-16-29(26)39(32)7/h8-17,21,24,27-28,31,34H,18-20H2,1-7H3/b22-17-/t24-,27?,28?,31?,34?,37?,38?/m1/s1. The zero-order valence-corrected chi connectivity index (χ0v) is 26.0. The fourth-order valence-electron chi connectivity index (χ4n) is 10.1. The monoisotopic (exact) mass is 561 g/mol. The molecule has 218 valence electrons. The Labute approximate surface area is 249 Å². The van der Waals surface area contributed by atoms with Crippen LogP contribution < -0.4 is 0 Å². The van der Waals surface area contributed by atoms with E-state index in [9.17, 15) is 9.59 Å². The predicted octanol–water partition coefficient (Wildman–Crippen LogP) is 8.56. The first-order chi connectivity index (χ1) is 19.9. The largest absolute Gasteiger partial charge is 0.453 e. The number of Topliss-reactive ketones (excluding diaryl/α,β-unsaturated/α-hetero) is 1. The van der Waals surface area contributed by atoms with Crippen LogP contribution in [0.25, 0.3) is 22.0 Å². The van der Waals surface area contributed by atoms with Gasteiger partial charge in [0.25, 0.3) is 0 Å². The van der Waals surface area contributed by atoms with Gasteiger partial charge in [-0.3, -0.25) is 4.79 Å². The van der Waals surface area contributed by atoms with Crippen LogP contribution in [0.4, 0.5) is 0 Å². The highest BCUT2D eigenvalue weighted by Crippen LogP contribution is 2.73. The van der Waals surface area contributed by atoms with Crippen molar-refractivity contribution in [3.63, 3.8) is 0 Å². The van der Waals surface area contributed by atoms with Gasteiger partial charge in [0.2, 0.25) is 0 Å². The van der Waals surface area contributed by atoms with E-state index in [0.717, 1.165) is 46.9 Å². The van der Waals surface area contributed by atoms with E-state index in [1.807, 2.05) is 41.9 Å². The van der Waals surface area contributed by atoms with Crippen molar-refractivity contribution in [3.8, 4) is 11.1 Å². The second-order valence-electron chi connectivity index (χ2n) is 14.7. The summed E-state index contributed by atoms with van der Waals surface area (Å²) in [6.07, 6.45) is 6.68. The van der Waals surface area contributed by atoms with Crippen LogP contribution >= 0.6 is 0 Å². The van der Waals surface area contributed by atoms with Crippen LogP contribution in [-0.2, 0) is 16.6 Å². The van der Waals surface area contributed by atoms with Gasteiger partial charge >= 0.3 is 5.97 Å². The Morgan fingerprint density at radius 1 is 1.00 bits per heavy atom. The molecule has 42 heavy (non-hydrogen) atoms. The Kier molecular flexibility index (Phi) is 5.91. The molecule has 0 N–H and O–H groups in total. The molecule has 7 atom stereocenters. The third kappa shape index (κ3) is 3.47. The molecular formula is C38H43NO3. The lowest BCUT2D eigenvalue weighted by Gasteiger charge is -2.50. The number of allylic oxidation sites excluding steroid dienone is 3. The fraction of sp³-hybridized carbons (Fsp3) is 0.474. The zero-order chi connectivity index (χ0) is 29.8. The molecule has 4 aliphatic rings. The number of hydrogen-bond acceptors (Lipinski definition) is 3. The van der Waals surface area contributed by atoms with Crippen LogP contribution in [-0.4, -0.2) is 22.4 Å². The molecule has 2 aromatic carbocycles. The van der Waals surface area contributed by atoms with Gasteiger partial charge < -0.3 is 9.30 Å². The number of esters is 1. The number of aromatic nitrogens is 1. The van der Waals surface area contributed by atoms with Crippen LogP contribution in [0.3, 0.4) is 0 Å². The van der Waals surface area contributed by atoms with Gasteiger partial charge in [-0.2, -0.15) is 0 Å². The number of ether oxygens (including phenoxy) is 1. The van der Waals surface area contributed by atoms with E-state index in [4.69, 9.17) is 4.74 Å². The van der Waals surface area contributed by atoms with E-state index < -0.39 is 16.9 Å². The topological polar surface area (TPSA) is 48.3 Å². The van der Waals surface area contributed by atoms with Crippen LogP contribution in [0.5, 0.6) is 0 Å². The maximum Gasteiger partial charge on any atom is 0.356 e. The third-order valence-corrected chi connectivity index (χ3v) is 12.0. The van der Waals surface area contributed by atoms with Crippen molar-refractivity contribution in [3.05, 3.63) is 83.6 Å². The van der Waals surface area contributed by atoms with Crippen LogP contribution in [0.15, 0.2) is 77.9 Å². The van der Waals surface area contributed by atoms with Crippen molar-refractivity contribution < 1.29 is 14.3 Å². The molecule has 1 spiro atoms. The Hall–Kier alpha value is -3.40. The molecule has 2 saturated carbocycles. The minimum atomic E-state index is -0.646. The van der Waals surface area contributed by atoms with Gasteiger partial charge in [-0.25, -0.2) is 4.79 Å². The molecule has 2 fully saturated rings. The predicted molar refractivity (Wildman–Crippen MR) is 168 cm³/mol. The van der Waals surface area contributed by atoms with Gasteiger partial charge in [-0.15, -0.1) is 0 Å². The Bertz CT molecular complexity index is 1690. The lowest BCUT2D eigenvalue weighted by Crippen LogP contribution is -2.54. The molecule has 0 radical (unpaired) electrons. The first kappa shape index (κ1) is 27.4. The van der Waals surface area contributed by atoms with Crippen molar-refractivity contribution in [2.45, 2.75) is 66.9 Å². The highest BCUT2D eigenvalue weighted by molar-refractivity contribution is 6.08. The number of ketones is 1. The molecule has 3 aromatic rings. The molecule has 1 heterocycles. The summed E-state index contributed by atoms with van der Waals surface area (Å²) in [6.45, 7) is 13.5. The van der Waals surface area contributed by atoms with E-state index >= 15 is 0 Å². The third-order valence-electron chi connectivity index (χ3n) is 12.0. The molecule has 4 heteroatoms. The Morgan fingerprint density at radius 2 is 1.69 bits per heavy atom. The number of fused-ring (bicyclic) bond motifs is 4. The highest BCUT2D eigenvalue weighted by atomic mass is 16.5. The summed E-state index contributed by atoms with van der Waals surface area (Å²) in [5.74, 6) is 1.24. The smallest absolute Gasteiger partial charge is 0.356 e. The summed E-state index contributed by atoms with van der Waals surface area (Å²) >= 11 is 0. The molecule has 4 nitrogen and oxygen atoms in total. The summed E-state index contributed by atoms with van der Waals surface area (Å²) in [5.41, 5.74) is 4.74. The van der Waals surface area contributed by atoms with Gasteiger partial charge in [0.15, 0.2) is 0 Å². The van der Waals surface area contributed by atoms with Crippen LogP contribution in [0.2, 0.25) is 0 Å². The first-order valence-electron chi connectivity index (χ1n) is 15.7. The molecule has 0 amide bonds. The number of carbonyl (C=O) groups excluding carboxylic acids is 2. The number of carbonyl (C=O) groups is 2. The second-order valence-corrected chi connectivity index (χ2v) is 14.7. The lowest BCUT2D eigenvalue weighted by molar-refractivity contribution is -0.145. The van der Waals surface area contributed by atoms with E-state index in [0.29, 0.717) is 23.3 Å². The quantitative estimate of drug-likeness (QED) is 0.238. The maximum atomic E-state index is 14.9. The van der Waals surface area contributed by atoms with E-state index in [2.05, 4.69) is 78.0 Å². The maximum absolute atomic E-state index is 14.9. The van der Waals surface area contributed by atoms with Crippen molar-refractivity contribution in [1.82, 2.24) is 4.57 Å². The molecule has 2 bridgehead atoms. The normalized spacial score (nSPS) is 36.1. The Balaban J connectivity index is 1.34. The number of para-hydroxylation sites is 1. The molecular weight excluding hydrogens is 518 g/mol. The molecule has 4 aliphatic carbocycles. The number of aryl methyl sites for hydroxylation is 1. The summed E-state index contributed by atoms with van der Waals surface area (Å²) in [4.78, 5) is 29.3. The SMILES string of the molecule is CC1=CC23C(=O)C(C/C=C(/C)CC2(C)C1OC(=O)c1c(-c2ccccc2)c2ccccc2n1C)C1C(C[C@H]3C)C1(C)C. The van der Waals surface area contributed by atoms with Gasteiger partial charge in [0.05, 0.1) is 5.41 Å². The van der Waals surface area contributed by atoms with Gasteiger partial charge in [0, 0.05) is 34.8 Å².